The summed E-state index contributed by atoms with van der Waals surface area (Å²) in [6.45, 7) is 10.2. The SMILES string of the molecule is CCNCCCCCC(=O)NCCCNC(C)C. The average molecular weight is 257 g/mol. The van der Waals surface area contributed by atoms with Crippen molar-refractivity contribution in [2.45, 2.75) is 58.9 Å². The Morgan fingerprint density at radius 1 is 1.00 bits per heavy atom. The Labute approximate surface area is 112 Å². The second-order valence-corrected chi connectivity index (χ2v) is 4.98. The van der Waals surface area contributed by atoms with Gasteiger partial charge in [-0.15, -0.1) is 0 Å². The molecule has 3 N–H and O–H groups in total. The van der Waals surface area contributed by atoms with Gasteiger partial charge < -0.3 is 16.0 Å². The number of hydrogen-bond acceptors (Lipinski definition) is 3. The summed E-state index contributed by atoms with van der Waals surface area (Å²) in [5.41, 5.74) is 0. The number of hydrogen-bond donors (Lipinski definition) is 3. The quantitative estimate of drug-likeness (QED) is 0.466. The second-order valence-electron chi connectivity index (χ2n) is 4.98. The van der Waals surface area contributed by atoms with Crippen LogP contribution in [0.2, 0.25) is 0 Å². The largest absolute Gasteiger partial charge is 0.356 e. The van der Waals surface area contributed by atoms with Crippen LogP contribution in [-0.2, 0) is 4.79 Å². The van der Waals surface area contributed by atoms with Crippen molar-refractivity contribution < 1.29 is 4.79 Å². The van der Waals surface area contributed by atoms with Gasteiger partial charge >= 0.3 is 0 Å². The molecule has 0 bridgehead atoms. The topological polar surface area (TPSA) is 53.2 Å². The van der Waals surface area contributed by atoms with E-state index in [1.807, 2.05) is 0 Å². The number of unbranched alkanes of at least 4 members (excludes halogenated alkanes) is 2. The first-order valence-corrected chi connectivity index (χ1v) is 7.37. The molecule has 0 unspecified atom stereocenters. The lowest BCUT2D eigenvalue weighted by atomic mass is 10.2. The third-order valence-corrected chi connectivity index (χ3v) is 2.74. The highest BCUT2D eigenvalue weighted by Crippen LogP contribution is 1.98. The summed E-state index contributed by atoms with van der Waals surface area (Å²) in [4.78, 5) is 11.5. The van der Waals surface area contributed by atoms with E-state index >= 15 is 0 Å². The summed E-state index contributed by atoms with van der Waals surface area (Å²) < 4.78 is 0. The smallest absolute Gasteiger partial charge is 0.219 e. The third-order valence-electron chi connectivity index (χ3n) is 2.74. The maximum Gasteiger partial charge on any atom is 0.219 e. The third kappa shape index (κ3) is 13.5. The van der Waals surface area contributed by atoms with E-state index in [0.29, 0.717) is 12.5 Å². The molecule has 0 saturated carbocycles. The molecule has 0 atom stereocenters. The van der Waals surface area contributed by atoms with Gasteiger partial charge in [0.05, 0.1) is 0 Å². The lowest BCUT2D eigenvalue weighted by Gasteiger charge is -2.08. The molecule has 4 nitrogen and oxygen atoms in total. The van der Waals surface area contributed by atoms with E-state index in [-0.39, 0.29) is 5.91 Å². The molecule has 1 amide bonds. The summed E-state index contributed by atoms with van der Waals surface area (Å²) in [6, 6.07) is 0.525. The van der Waals surface area contributed by atoms with E-state index in [9.17, 15) is 4.79 Å². The zero-order valence-electron chi connectivity index (χ0n) is 12.3. The molecular weight excluding hydrogens is 226 g/mol. The Balaban J connectivity index is 3.17. The Morgan fingerprint density at radius 3 is 2.44 bits per heavy atom. The van der Waals surface area contributed by atoms with E-state index in [2.05, 4.69) is 36.7 Å². The van der Waals surface area contributed by atoms with Gasteiger partial charge in [0.25, 0.3) is 0 Å². The fraction of sp³-hybridized carbons (Fsp3) is 0.929. The normalized spacial score (nSPS) is 10.9. The number of carbonyl (C=O) groups is 1. The molecule has 0 fully saturated rings. The van der Waals surface area contributed by atoms with Crippen LogP contribution >= 0.6 is 0 Å². The van der Waals surface area contributed by atoms with Crippen molar-refractivity contribution in [2.24, 2.45) is 0 Å². The number of nitrogens with one attached hydrogen (secondary N) is 3. The second kappa shape index (κ2) is 12.8. The molecule has 0 radical (unpaired) electrons. The molecule has 108 valence electrons. The lowest BCUT2D eigenvalue weighted by Crippen LogP contribution is -2.29. The molecule has 18 heavy (non-hydrogen) atoms. The molecule has 0 aliphatic carbocycles. The molecule has 0 saturated heterocycles. The van der Waals surface area contributed by atoms with Crippen molar-refractivity contribution in [3.05, 3.63) is 0 Å². The van der Waals surface area contributed by atoms with Crippen LogP contribution in [0.25, 0.3) is 0 Å². The predicted molar refractivity (Wildman–Crippen MR) is 77.8 cm³/mol. The first-order valence-electron chi connectivity index (χ1n) is 7.37. The number of carbonyl (C=O) groups excluding carboxylic acids is 1. The lowest BCUT2D eigenvalue weighted by molar-refractivity contribution is -0.121. The van der Waals surface area contributed by atoms with Gasteiger partial charge in [-0.1, -0.05) is 27.2 Å². The average Bonchev–Trinajstić information content (AvgIpc) is 2.33. The summed E-state index contributed by atoms with van der Waals surface area (Å²) in [7, 11) is 0. The van der Waals surface area contributed by atoms with Crippen LogP contribution in [-0.4, -0.2) is 38.1 Å². The Morgan fingerprint density at radius 2 is 1.78 bits per heavy atom. The van der Waals surface area contributed by atoms with Gasteiger partial charge in [-0.3, -0.25) is 4.79 Å². The van der Waals surface area contributed by atoms with Crippen LogP contribution in [0.15, 0.2) is 0 Å². The van der Waals surface area contributed by atoms with Crippen molar-refractivity contribution in [1.82, 2.24) is 16.0 Å². The summed E-state index contributed by atoms with van der Waals surface area (Å²) in [5.74, 6) is 0.197. The zero-order valence-corrected chi connectivity index (χ0v) is 12.3. The minimum atomic E-state index is 0.197. The van der Waals surface area contributed by atoms with Gasteiger partial charge in [0.15, 0.2) is 0 Å². The van der Waals surface area contributed by atoms with Crippen LogP contribution in [0.3, 0.4) is 0 Å². The Kier molecular flexibility index (Phi) is 12.4. The van der Waals surface area contributed by atoms with Crippen LogP contribution in [0.4, 0.5) is 0 Å². The van der Waals surface area contributed by atoms with Gasteiger partial charge in [-0.05, 0) is 38.9 Å². The molecule has 0 aromatic rings. The van der Waals surface area contributed by atoms with Crippen molar-refractivity contribution in [1.29, 1.82) is 0 Å². The van der Waals surface area contributed by atoms with Gasteiger partial charge in [0.2, 0.25) is 5.91 Å². The minimum absolute atomic E-state index is 0.197. The van der Waals surface area contributed by atoms with Crippen LogP contribution in [0, 0.1) is 0 Å². The van der Waals surface area contributed by atoms with Gasteiger partial charge in [0, 0.05) is 19.0 Å². The standard InChI is InChI=1S/C14H31N3O/c1-4-15-10-7-5-6-9-14(18)17-12-8-11-16-13(2)3/h13,15-16H,4-12H2,1-3H3,(H,17,18). The molecule has 0 heterocycles. The first kappa shape index (κ1) is 17.4. The van der Waals surface area contributed by atoms with E-state index < -0.39 is 0 Å². The minimum Gasteiger partial charge on any atom is -0.356 e. The van der Waals surface area contributed by atoms with E-state index in [0.717, 1.165) is 45.4 Å². The van der Waals surface area contributed by atoms with Crippen molar-refractivity contribution >= 4 is 5.91 Å². The Bertz CT molecular complexity index is 195. The van der Waals surface area contributed by atoms with Gasteiger partial charge in [0.1, 0.15) is 0 Å². The summed E-state index contributed by atoms with van der Waals surface area (Å²) in [5, 5.41) is 9.58. The van der Waals surface area contributed by atoms with Crippen molar-refractivity contribution in [3.63, 3.8) is 0 Å². The van der Waals surface area contributed by atoms with Crippen LogP contribution in [0.5, 0.6) is 0 Å². The first-order chi connectivity index (χ1) is 8.66. The fourth-order valence-corrected chi connectivity index (χ4v) is 1.68. The number of rotatable bonds is 12. The summed E-state index contributed by atoms with van der Waals surface area (Å²) >= 11 is 0. The van der Waals surface area contributed by atoms with Crippen molar-refractivity contribution in [3.8, 4) is 0 Å². The summed E-state index contributed by atoms with van der Waals surface area (Å²) in [6.07, 6.45) is 4.98. The maximum atomic E-state index is 11.5. The highest BCUT2D eigenvalue weighted by atomic mass is 16.1. The molecular formula is C14H31N3O. The van der Waals surface area contributed by atoms with Crippen molar-refractivity contribution in [2.75, 3.05) is 26.2 Å². The zero-order chi connectivity index (χ0) is 13.6. The van der Waals surface area contributed by atoms with Crippen LogP contribution in [0.1, 0.15) is 52.9 Å². The number of amides is 1. The van der Waals surface area contributed by atoms with Gasteiger partial charge in [-0.2, -0.15) is 0 Å². The molecule has 0 rings (SSSR count). The Hall–Kier alpha value is -0.610. The van der Waals surface area contributed by atoms with E-state index in [1.54, 1.807) is 0 Å². The van der Waals surface area contributed by atoms with E-state index in [4.69, 9.17) is 0 Å². The van der Waals surface area contributed by atoms with Crippen LogP contribution < -0.4 is 16.0 Å². The molecule has 0 spiro atoms. The molecule has 4 heteroatoms. The monoisotopic (exact) mass is 257 g/mol. The molecule has 0 aliphatic heterocycles. The highest BCUT2D eigenvalue weighted by molar-refractivity contribution is 5.75. The molecule has 0 aliphatic rings. The predicted octanol–water partition coefficient (Wildman–Crippen LogP) is 1.66. The fourth-order valence-electron chi connectivity index (χ4n) is 1.68. The van der Waals surface area contributed by atoms with Gasteiger partial charge in [-0.25, -0.2) is 0 Å². The maximum absolute atomic E-state index is 11.5. The highest BCUT2D eigenvalue weighted by Gasteiger charge is 2.00. The molecule has 0 aromatic carbocycles. The molecule has 0 aromatic heterocycles. The van der Waals surface area contributed by atoms with E-state index in [1.165, 1.54) is 6.42 Å².